The smallest absolute Gasteiger partial charge is 0.268 e. The largest absolute Gasteiger partial charge is 0.268 e. The molecule has 1 aromatic heterocycles. The SMILES string of the molecule is Cc1cc2c(c(SCc3ccc(F)cc3F)n1)C(=O)N(c1ccccc1C)C2=O. The zero-order chi connectivity index (χ0) is 20.7. The summed E-state index contributed by atoms with van der Waals surface area (Å²) in [5.41, 5.74) is 2.70. The van der Waals surface area contributed by atoms with Gasteiger partial charge in [0.05, 0.1) is 16.8 Å². The molecule has 1 aliphatic heterocycles. The molecule has 1 aliphatic rings. The molecule has 2 amide bonds. The first-order valence-electron chi connectivity index (χ1n) is 8.89. The molecule has 146 valence electrons. The molecule has 0 saturated heterocycles. The summed E-state index contributed by atoms with van der Waals surface area (Å²) >= 11 is 1.15. The lowest BCUT2D eigenvalue weighted by atomic mass is 10.1. The van der Waals surface area contributed by atoms with Gasteiger partial charge in [0.25, 0.3) is 11.8 Å². The highest BCUT2D eigenvalue weighted by Gasteiger charge is 2.40. The Balaban J connectivity index is 1.72. The van der Waals surface area contributed by atoms with Gasteiger partial charge in [-0.1, -0.05) is 24.3 Å². The number of anilines is 1. The minimum absolute atomic E-state index is 0.154. The van der Waals surface area contributed by atoms with E-state index in [2.05, 4.69) is 4.98 Å². The number of aromatic nitrogens is 1. The van der Waals surface area contributed by atoms with Gasteiger partial charge in [0.15, 0.2) is 0 Å². The number of amides is 2. The molecule has 0 atom stereocenters. The minimum atomic E-state index is -0.661. The lowest BCUT2D eigenvalue weighted by Gasteiger charge is -2.16. The maximum atomic E-state index is 14.0. The summed E-state index contributed by atoms with van der Waals surface area (Å²) in [6, 6.07) is 12.1. The van der Waals surface area contributed by atoms with Gasteiger partial charge in [-0.05, 0) is 43.2 Å². The van der Waals surface area contributed by atoms with Gasteiger partial charge in [-0.15, -0.1) is 11.8 Å². The van der Waals surface area contributed by atoms with E-state index in [-0.39, 0.29) is 16.9 Å². The van der Waals surface area contributed by atoms with Crippen molar-refractivity contribution < 1.29 is 18.4 Å². The minimum Gasteiger partial charge on any atom is -0.268 e. The zero-order valence-corrected chi connectivity index (χ0v) is 16.5. The molecule has 2 heterocycles. The maximum Gasteiger partial charge on any atom is 0.268 e. The van der Waals surface area contributed by atoms with Crippen molar-refractivity contribution in [3.8, 4) is 0 Å². The van der Waals surface area contributed by atoms with Crippen molar-refractivity contribution in [1.29, 1.82) is 0 Å². The van der Waals surface area contributed by atoms with Gasteiger partial charge in [-0.3, -0.25) is 9.59 Å². The Kier molecular flexibility index (Phi) is 4.92. The Hall–Kier alpha value is -3.06. The highest BCUT2D eigenvalue weighted by atomic mass is 32.2. The molecular weight excluding hydrogens is 394 g/mol. The van der Waals surface area contributed by atoms with E-state index in [0.29, 0.717) is 22.0 Å². The van der Waals surface area contributed by atoms with Crippen molar-refractivity contribution in [2.75, 3.05) is 4.90 Å². The average molecular weight is 410 g/mol. The summed E-state index contributed by atoms with van der Waals surface area (Å²) in [5, 5.41) is 0.359. The first-order chi connectivity index (χ1) is 13.9. The molecule has 3 aromatic rings. The van der Waals surface area contributed by atoms with Crippen molar-refractivity contribution in [1.82, 2.24) is 4.98 Å². The molecule has 4 nitrogen and oxygen atoms in total. The predicted molar refractivity (Wildman–Crippen MR) is 107 cm³/mol. The van der Waals surface area contributed by atoms with Gasteiger partial charge < -0.3 is 0 Å². The van der Waals surface area contributed by atoms with Crippen LogP contribution in [0.2, 0.25) is 0 Å². The van der Waals surface area contributed by atoms with Crippen LogP contribution in [0.5, 0.6) is 0 Å². The van der Waals surface area contributed by atoms with E-state index >= 15 is 0 Å². The Morgan fingerprint density at radius 3 is 2.48 bits per heavy atom. The van der Waals surface area contributed by atoms with Crippen LogP contribution in [-0.2, 0) is 5.75 Å². The number of carbonyl (C=O) groups is 2. The Morgan fingerprint density at radius 1 is 1.00 bits per heavy atom. The average Bonchev–Trinajstić information content (AvgIpc) is 2.92. The van der Waals surface area contributed by atoms with Crippen molar-refractivity contribution in [3.05, 3.63) is 88.1 Å². The molecule has 0 aliphatic carbocycles. The van der Waals surface area contributed by atoms with Crippen LogP contribution in [0, 0.1) is 25.5 Å². The van der Waals surface area contributed by atoms with Crippen LogP contribution in [-0.4, -0.2) is 16.8 Å². The molecule has 2 aromatic carbocycles. The number of aryl methyl sites for hydroxylation is 2. The summed E-state index contributed by atoms with van der Waals surface area (Å²) in [6.07, 6.45) is 0. The van der Waals surface area contributed by atoms with Gasteiger partial charge >= 0.3 is 0 Å². The number of benzene rings is 2. The van der Waals surface area contributed by atoms with E-state index in [1.165, 1.54) is 12.1 Å². The number of hydrogen-bond donors (Lipinski definition) is 0. The quantitative estimate of drug-likeness (QED) is 0.445. The second kappa shape index (κ2) is 7.40. The number of rotatable bonds is 4. The molecule has 0 saturated carbocycles. The molecular formula is C22H16F2N2O2S. The number of hydrogen-bond acceptors (Lipinski definition) is 4. The number of imide groups is 1. The van der Waals surface area contributed by atoms with E-state index in [4.69, 9.17) is 0 Å². The van der Waals surface area contributed by atoms with E-state index in [9.17, 15) is 18.4 Å². The van der Waals surface area contributed by atoms with E-state index in [1.807, 2.05) is 19.1 Å². The molecule has 0 bridgehead atoms. The third-order valence-corrected chi connectivity index (χ3v) is 5.72. The van der Waals surface area contributed by atoms with Gasteiger partial charge in [0.1, 0.15) is 16.7 Å². The number of nitrogens with zero attached hydrogens (tertiary/aromatic N) is 2. The number of para-hydroxylation sites is 1. The van der Waals surface area contributed by atoms with Crippen LogP contribution in [0.15, 0.2) is 53.6 Å². The van der Waals surface area contributed by atoms with Crippen molar-refractivity contribution in [2.45, 2.75) is 24.6 Å². The molecule has 29 heavy (non-hydrogen) atoms. The van der Waals surface area contributed by atoms with E-state index in [0.717, 1.165) is 28.3 Å². The third kappa shape index (κ3) is 3.42. The molecule has 4 rings (SSSR count). The molecule has 0 N–H and O–H groups in total. The number of pyridine rings is 1. The first kappa shape index (κ1) is 19.3. The zero-order valence-electron chi connectivity index (χ0n) is 15.7. The van der Waals surface area contributed by atoms with E-state index in [1.54, 1.807) is 25.1 Å². The standard InChI is InChI=1S/C22H16F2N2O2S/c1-12-5-3-4-6-18(12)26-21(27)16-9-13(2)25-20(19(16)22(26)28)29-11-14-7-8-15(23)10-17(14)24/h3-10H,11H2,1-2H3. The topological polar surface area (TPSA) is 50.3 Å². The van der Waals surface area contributed by atoms with Gasteiger partial charge in [-0.2, -0.15) is 0 Å². The highest BCUT2D eigenvalue weighted by molar-refractivity contribution is 7.98. The summed E-state index contributed by atoms with van der Waals surface area (Å²) in [7, 11) is 0. The number of halogens is 2. The predicted octanol–water partition coefficient (Wildman–Crippen LogP) is 5.07. The van der Waals surface area contributed by atoms with Crippen LogP contribution in [0.1, 0.15) is 37.5 Å². The fraction of sp³-hybridized carbons (Fsp3) is 0.136. The fourth-order valence-electron chi connectivity index (χ4n) is 3.27. The summed E-state index contributed by atoms with van der Waals surface area (Å²) in [5.74, 6) is -2.01. The number of thioether (sulfide) groups is 1. The highest BCUT2D eigenvalue weighted by Crippen LogP contribution is 2.36. The van der Waals surface area contributed by atoms with Crippen LogP contribution >= 0.6 is 11.8 Å². The Labute approximate surface area is 170 Å². The van der Waals surface area contributed by atoms with Crippen LogP contribution in [0.4, 0.5) is 14.5 Å². The Bertz CT molecular complexity index is 1160. The molecule has 0 fully saturated rings. The maximum absolute atomic E-state index is 14.0. The lowest BCUT2D eigenvalue weighted by molar-refractivity contribution is 0.0925. The summed E-state index contributed by atoms with van der Waals surface area (Å²) in [4.78, 5) is 31.7. The first-order valence-corrected chi connectivity index (χ1v) is 9.88. The molecule has 0 spiro atoms. The molecule has 0 unspecified atom stereocenters. The van der Waals surface area contributed by atoms with Gasteiger partial charge in [-0.25, -0.2) is 18.7 Å². The van der Waals surface area contributed by atoms with Gasteiger partial charge in [0, 0.05) is 17.5 Å². The van der Waals surface area contributed by atoms with Crippen LogP contribution < -0.4 is 4.90 Å². The number of fused-ring (bicyclic) bond motifs is 1. The van der Waals surface area contributed by atoms with Crippen LogP contribution in [0.25, 0.3) is 0 Å². The molecule has 0 radical (unpaired) electrons. The third-order valence-electron chi connectivity index (χ3n) is 4.70. The fourth-order valence-corrected chi connectivity index (χ4v) is 4.34. The Morgan fingerprint density at radius 2 is 1.76 bits per heavy atom. The van der Waals surface area contributed by atoms with Gasteiger partial charge in [0.2, 0.25) is 0 Å². The summed E-state index contributed by atoms with van der Waals surface area (Å²) < 4.78 is 27.1. The second-order valence-corrected chi connectivity index (χ2v) is 7.71. The van der Waals surface area contributed by atoms with Crippen LogP contribution in [0.3, 0.4) is 0 Å². The monoisotopic (exact) mass is 410 g/mol. The normalized spacial score (nSPS) is 13.2. The summed E-state index contributed by atoms with van der Waals surface area (Å²) in [6.45, 7) is 3.56. The molecule has 7 heteroatoms. The second-order valence-electron chi connectivity index (χ2n) is 6.75. The lowest BCUT2D eigenvalue weighted by Crippen LogP contribution is -2.30. The van der Waals surface area contributed by atoms with Crippen molar-refractivity contribution >= 4 is 29.3 Å². The van der Waals surface area contributed by atoms with Crippen molar-refractivity contribution in [2.24, 2.45) is 0 Å². The van der Waals surface area contributed by atoms with E-state index < -0.39 is 23.4 Å². The number of carbonyl (C=O) groups excluding carboxylic acids is 2. The van der Waals surface area contributed by atoms with Crippen molar-refractivity contribution in [3.63, 3.8) is 0 Å².